The molecule has 0 spiro atoms. The van der Waals surface area contributed by atoms with Crippen LogP contribution >= 0.6 is 9.29 Å². The summed E-state index contributed by atoms with van der Waals surface area (Å²) in [6.45, 7) is 0. The number of rotatable bonds is 0. The van der Waals surface area contributed by atoms with Crippen LogP contribution in [0.1, 0.15) is 0 Å². The van der Waals surface area contributed by atoms with Gasteiger partial charge in [0.2, 0.25) is 0 Å². The molecule has 0 saturated carbocycles. The summed E-state index contributed by atoms with van der Waals surface area (Å²) in [4.78, 5) is 0. The summed E-state index contributed by atoms with van der Waals surface area (Å²) >= 11 is 1.13. The van der Waals surface area contributed by atoms with Gasteiger partial charge in [-0.2, -0.15) is 0 Å². The van der Waals surface area contributed by atoms with E-state index < -0.39 is 0 Å². The van der Waals surface area contributed by atoms with E-state index in [0.717, 1.165) is 20.6 Å². The first kappa shape index (κ1) is 16.6. The van der Waals surface area contributed by atoms with Crippen molar-refractivity contribution in [1.29, 1.82) is 0 Å². The van der Waals surface area contributed by atoms with Gasteiger partial charge in [-0.3, -0.25) is 0 Å². The second kappa shape index (κ2) is 19.7. The minimum atomic E-state index is 0. The van der Waals surface area contributed by atoms with Crippen molar-refractivity contribution in [2.24, 2.45) is 0 Å². The van der Waals surface area contributed by atoms with E-state index in [-0.39, 0.29) is 34.1 Å². The molecule has 28 valence electrons. The molecule has 4 heavy (non-hydrogen) atoms. The molecule has 0 fully saturated rings. The zero-order chi connectivity index (χ0) is 2.00. The molecule has 0 aliphatic heterocycles. The second-order valence-corrected chi connectivity index (χ2v) is 0. The molecule has 0 heterocycles. The van der Waals surface area contributed by atoms with Crippen molar-refractivity contribution in [2.45, 2.75) is 0 Å². The van der Waals surface area contributed by atoms with Crippen LogP contribution < -0.4 is 0 Å². The molecular weight excluding hydrogens is 269 g/mol. The van der Waals surface area contributed by atoms with Gasteiger partial charge >= 0.3 is 29.9 Å². The van der Waals surface area contributed by atoms with Crippen LogP contribution in [0.4, 0.5) is 0 Å². The van der Waals surface area contributed by atoms with Crippen molar-refractivity contribution in [3.8, 4) is 0 Å². The van der Waals surface area contributed by atoms with Crippen molar-refractivity contribution < 1.29 is 34.1 Å². The van der Waals surface area contributed by atoms with Gasteiger partial charge in [-0.1, -0.05) is 0 Å². The standard InChI is InChI=1S/Cu.Mn.S.Sn. The van der Waals surface area contributed by atoms with E-state index in [2.05, 4.69) is 9.29 Å². The predicted octanol–water partition coefficient (Wildman–Crippen LogP) is 0.262. The molecule has 4 radical (unpaired) electrons. The van der Waals surface area contributed by atoms with Crippen LogP contribution in [0.25, 0.3) is 0 Å². The van der Waals surface area contributed by atoms with Crippen LogP contribution in [-0.4, -0.2) is 20.6 Å². The normalized spacial score (nSPS) is 1.00. The summed E-state index contributed by atoms with van der Waals surface area (Å²) in [7, 11) is 4.17. The summed E-state index contributed by atoms with van der Waals surface area (Å²) in [6, 6.07) is 0. The Morgan fingerprint density at radius 3 is 1.25 bits per heavy atom. The molecule has 0 atom stereocenters. The van der Waals surface area contributed by atoms with E-state index in [4.69, 9.17) is 0 Å². The summed E-state index contributed by atoms with van der Waals surface area (Å²) in [5, 5.41) is 0. The fourth-order valence-corrected chi connectivity index (χ4v) is 0. The predicted molar refractivity (Wildman–Crippen MR) is 13.3 cm³/mol. The van der Waals surface area contributed by atoms with E-state index in [1.54, 1.807) is 0 Å². The molecule has 4 heteroatoms. The zero-order valence-electron chi connectivity index (χ0n) is 1.59. The van der Waals surface area contributed by atoms with E-state index in [0.29, 0.717) is 0 Å². The average molecular weight is 269 g/mol. The summed E-state index contributed by atoms with van der Waals surface area (Å²) in [5.41, 5.74) is 0. The fourth-order valence-electron chi connectivity index (χ4n) is 0. The van der Waals surface area contributed by atoms with Crippen LogP contribution in [0.2, 0.25) is 0 Å². The SMILES string of the molecule is [Cu].[Mn].[S]=[Sn]. The molecular formula is CuMnSSn. The third kappa shape index (κ3) is 8.96. The van der Waals surface area contributed by atoms with Gasteiger partial charge in [0.15, 0.2) is 0 Å². The summed E-state index contributed by atoms with van der Waals surface area (Å²) < 4.78 is 0. The van der Waals surface area contributed by atoms with Crippen molar-refractivity contribution in [1.82, 2.24) is 0 Å². The summed E-state index contributed by atoms with van der Waals surface area (Å²) in [6.07, 6.45) is 0. The quantitative estimate of drug-likeness (QED) is 0.569. The van der Waals surface area contributed by atoms with Gasteiger partial charge in [-0.25, -0.2) is 0 Å². The monoisotopic (exact) mass is 270 g/mol. The first-order valence-electron chi connectivity index (χ1n) is 0.204. The zero-order valence-corrected chi connectivity index (χ0v) is 7.38. The Balaban J connectivity index is -0.00000000500. The van der Waals surface area contributed by atoms with Gasteiger partial charge in [0.05, 0.1) is 0 Å². The first-order chi connectivity index (χ1) is 1.00. The average Bonchev–Trinajstić information content (AvgIpc) is 1.00. The third-order valence-electron chi connectivity index (χ3n) is 0. The van der Waals surface area contributed by atoms with Crippen molar-refractivity contribution in [3.05, 3.63) is 0 Å². The van der Waals surface area contributed by atoms with E-state index in [1.807, 2.05) is 0 Å². The summed E-state index contributed by atoms with van der Waals surface area (Å²) in [5.74, 6) is 0. The Hall–Kier alpha value is 2.06. The maximum absolute atomic E-state index is 4.17. The van der Waals surface area contributed by atoms with E-state index in [9.17, 15) is 0 Å². The van der Waals surface area contributed by atoms with E-state index >= 15 is 0 Å². The Bertz CT molecular complexity index is 8.00. The van der Waals surface area contributed by atoms with Gasteiger partial charge < -0.3 is 0 Å². The molecule has 0 aromatic rings. The Labute approximate surface area is 63.3 Å². The third-order valence-corrected chi connectivity index (χ3v) is 0. The molecule has 0 saturated heterocycles. The minimum absolute atomic E-state index is 0. The van der Waals surface area contributed by atoms with Crippen LogP contribution in [0.3, 0.4) is 0 Å². The van der Waals surface area contributed by atoms with Crippen molar-refractivity contribution in [2.75, 3.05) is 0 Å². The van der Waals surface area contributed by atoms with Gasteiger partial charge in [-0.05, 0) is 0 Å². The van der Waals surface area contributed by atoms with Gasteiger partial charge in [-0.15, -0.1) is 0 Å². The molecule has 0 amide bonds. The molecule has 0 aromatic carbocycles. The first-order valence-corrected chi connectivity index (χ1v) is 4.11. The number of hydrogen-bond acceptors (Lipinski definition) is 1. The fraction of sp³-hybridized carbons (Fsp3) is 0. The molecule has 0 aliphatic carbocycles. The van der Waals surface area contributed by atoms with Crippen molar-refractivity contribution >= 4 is 29.9 Å². The van der Waals surface area contributed by atoms with Gasteiger partial charge in [0.25, 0.3) is 0 Å². The molecule has 0 unspecified atom stereocenters. The Morgan fingerprint density at radius 1 is 1.25 bits per heavy atom. The molecule has 0 aromatic heterocycles. The molecule has 0 N–H and O–H groups in total. The molecule has 0 rings (SSSR count). The Kier molecular flexibility index (Phi) is 81.5. The van der Waals surface area contributed by atoms with Crippen LogP contribution in [0.15, 0.2) is 0 Å². The molecule has 0 aliphatic rings. The topological polar surface area (TPSA) is 0 Å². The van der Waals surface area contributed by atoms with Gasteiger partial charge in [0, 0.05) is 34.1 Å². The maximum atomic E-state index is 4.17. The van der Waals surface area contributed by atoms with Gasteiger partial charge in [0.1, 0.15) is 0 Å². The molecule has 0 nitrogen and oxygen atoms in total. The number of hydrogen-bond donors (Lipinski definition) is 0. The second-order valence-electron chi connectivity index (χ2n) is 0. The Morgan fingerprint density at radius 2 is 1.25 bits per heavy atom. The van der Waals surface area contributed by atoms with E-state index in [1.165, 1.54) is 0 Å². The van der Waals surface area contributed by atoms with Crippen molar-refractivity contribution in [3.63, 3.8) is 0 Å². The van der Waals surface area contributed by atoms with Crippen LogP contribution in [0, 0.1) is 0 Å². The van der Waals surface area contributed by atoms with Crippen LogP contribution in [-0.2, 0) is 34.1 Å². The van der Waals surface area contributed by atoms with Crippen LogP contribution in [0.5, 0.6) is 0 Å². The molecule has 0 bridgehead atoms.